The molecule has 0 saturated heterocycles. The number of rotatable bonds is 4. The number of hydrogen-bond acceptors (Lipinski definition) is 2. The van der Waals surface area contributed by atoms with Gasteiger partial charge in [-0.05, 0) is 30.7 Å². The standard InChI is InChI=1S/C15H16BrNO/c1-11(17)12-6-4-7-14(9-12)18-10-13-5-2-3-8-15(13)16/h2-9,11H,10,17H2,1H3. The largest absolute Gasteiger partial charge is 0.489 e. The van der Waals surface area contributed by atoms with Gasteiger partial charge in [0.1, 0.15) is 12.4 Å². The molecule has 0 amide bonds. The number of hydrogen-bond donors (Lipinski definition) is 1. The minimum absolute atomic E-state index is 0.0250. The Morgan fingerprint density at radius 2 is 1.94 bits per heavy atom. The van der Waals surface area contributed by atoms with E-state index in [0.717, 1.165) is 21.3 Å². The maximum Gasteiger partial charge on any atom is 0.120 e. The lowest BCUT2D eigenvalue weighted by Crippen LogP contribution is -2.05. The third-order valence-electron chi connectivity index (χ3n) is 2.74. The van der Waals surface area contributed by atoms with Crippen molar-refractivity contribution in [2.45, 2.75) is 19.6 Å². The fraction of sp³-hybridized carbons (Fsp3) is 0.200. The second-order valence-electron chi connectivity index (χ2n) is 4.24. The zero-order chi connectivity index (χ0) is 13.0. The number of ether oxygens (including phenoxy) is 1. The summed E-state index contributed by atoms with van der Waals surface area (Å²) in [4.78, 5) is 0. The van der Waals surface area contributed by atoms with Crippen LogP contribution in [0.15, 0.2) is 53.0 Å². The summed E-state index contributed by atoms with van der Waals surface area (Å²) in [6.45, 7) is 2.51. The van der Waals surface area contributed by atoms with Crippen LogP contribution >= 0.6 is 15.9 Å². The van der Waals surface area contributed by atoms with Crippen LogP contribution in [0, 0.1) is 0 Å². The Hall–Kier alpha value is -1.32. The monoisotopic (exact) mass is 305 g/mol. The van der Waals surface area contributed by atoms with Gasteiger partial charge in [0.15, 0.2) is 0 Å². The molecular formula is C15H16BrNO. The van der Waals surface area contributed by atoms with Crippen LogP contribution in [0.5, 0.6) is 5.75 Å². The molecule has 0 spiro atoms. The highest BCUT2D eigenvalue weighted by atomic mass is 79.9. The summed E-state index contributed by atoms with van der Waals surface area (Å²) < 4.78 is 6.84. The molecule has 3 heteroatoms. The van der Waals surface area contributed by atoms with E-state index in [1.165, 1.54) is 0 Å². The molecule has 0 aliphatic heterocycles. The van der Waals surface area contributed by atoms with Crippen LogP contribution in [0.1, 0.15) is 24.1 Å². The average Bonchev–Trinajstić information content (AvgIpc) is 2.38. The zero-order valence-corrected chi connectivity index (χ0v) is 11.9. The van der Waals surface area contributed by atoms with Gasteiger partial charge in [0.25, 0.3) is 0 Å². The van der Waals surface area contributed by atoms with Crippen molar-refractivity contribution in [3.8, 4) is 5.75 Å². The summed E-state index contributed by atoms with van der Waals surface area (Å²) in [6.07, 6.45) is 0. The molecule has 1 atom stereocenters. The first-order valence-corrected chi connectivity index (χ1v) is 6.68. The topological polar surface area (TPSA) is 35.2 Å². The van der Waals surface area contributed by atoms with Crippen molar-refractivity contribution in [3.05, 3.63) is 64.1 Å². The number of benzene rings is 2. The molecule has 2 aromatic carbocycles. The van der Waals surface area contributed by atoms with Crippen molar-refractivity contribution in [2.24, 2.45) is 5.73 Å². The van der Waals surface area contributed by atoms with Gasteiger partial charge in [-0.1, -0.05) is 46.3 Å². The Morgan fingerprint density at radius 1 is 1.17 bits per heavy atom. The normalized spacial score (nSPS) is 12.2. The Bertz CT molecular complexity index is 525. The summed E-state index contributed by atoms with van der Waals surface area (Å²) in [5, 5.41) is 0. The Labute approximate surface area is 116 Å². The van der Waals surface area contributed by atoms with Crippen LogP contribution < -0.4 is 10.5 Å². The van der Waals surface area contributed by atoms with Gasteiger partial charge in [0.2, 0.25) is 0 Å². The summed E-state index contributed by atoms with van der Waals surface area (Å²) >= 11 is 3.51. The molecule has 94 valence electrons. The van der Waals surface area contributed by atoms with Crippen LogP contribution in [-0.2, 0) is 6.61 Å². The minimum atomic E-state index is 0.0250. The van der Waals surface area contributed by atoms with E-state index in [1.807, 2.05) is 55.5 Å². The highest BCUT2D eigenvalue weighted by molar-refractivity contribution is 9.10. The van der Waals surface area contributed by atoms with Crippen molar-refractivity contribution in [3.63, 3.8) is 0 Å². The second-order valence-corrected chi connectivity index (χ2v) is 5.10. The molecule has 0 aliphatic carbocycles. The predicted octanol–water partition coefficient (Wildman–Crippen LogP) is 4.05. The first-order chi connectivity index (χ1) is 8.66. The third kappa shape index (κ3) is 3.34. The van der Waals surface area contributed by atoms with E-state index in [2.05, 4.69) is 15.9 Å². The SMILES string of the molecule is CC(N)c1cccc(OCc2ccccc2Br)c1. The predicted molar refractivity (Wildman–Crippen MR) is 77.5 cm³/mol. The third-order valence-corrected chi connectivity index (χ3v) is 3.51. The summed E-state index contributed by atoms with van der Waals surface area (Å²) in [5.41, 5.74) is 8.06. The van der Waals surface area contributed by atoms with Gasteiger partial charge in [-0.2, -0.15) is 0 Å². The Balaban J connectivity index is 2.07. The Kier molecular flexibility index (Phi) is 4.39. The lowest BCUT2D eigenvalue weighted by atomic mass is 10.1. The average molecular weight is 306 g/mol. The van der Waals surface area contributed by atoms with E-state index < -0.39 is 0 Å². The van der Waals surface area contributed by atoms with E-state index in [9.17, 15) is 0 Å². The lowest BCUT2D eigenvalue weighted by molar-refractivity contribution is 0.305. The quantitative estimate of drug-likeness (QED) is 0.925. The number of nitrogens with two attached hydrogens (primary N) is 1. The maximum absolute atomic E-state index is 5.85. The molecule has 0 heterocycles. The van der Waals surface area contributed by atoms with Gasteiger partial charge in [-0.25, -0.2) is 0 Å². The lowest BCUT2D eigenvalue weighted by Gasteiger charge is -2.10. The molecule has 0 saturated carbocycles. The van der Waals surface area contributed by atoms with Crippen molar-refractivity contribution < 1.29 is 4.74 Å². The van der Waals surface area contributed by atoms with Crippen LogP contribution in [0.25, 0.3) is 0 Å². The molecule has 0 radical (unpaired) electrons. The van der Waals surface area contributed by atoms with Crippen molar-refractivity contribution in [1.29, 1.82) is 0 Å². The molecule has 0 aromatic heterocycles. The van der Waals surface area contributed by atoms with Crippen LogP contribution in [0.2, 0.25) is 0 Å². The highest BCUT2D eigenvalue weighted by Crippen LogP contribution is 2.21. The molecule has 0 fully saturated rings. The van der Waals surface area contributed by atoms with Crippen molar-refractivity contribution in [2.75, 3.05) is 0 Å². The van der Waals surface area contributed by atoms with Gasteiger partial charge >= 0.3 is 0 Å². The first-order valence-electron chi connectivity index (χ1n) is 5.88. The number of halogens is 1. The molecule has 18 heavy (non-hydrogen) atoms. The van der Waals surface area contributed by atoms with E-state index >= 15 is 0 Å². The van der Waals surface area contributed by atoms with Crippen molar-refractivity contribution >= 4 is 15.9 Å². The molecule has 2 rings (SSSR count). The smallest absolute Gasteiger partial charge is 0.120 e. The van der Waals surface area contributed by atoms with Crippen LogP contribution in [-0.4, -0.2) is 0 Å². The van der Waals surface area contributed by atoms with E-state index in [-0.39, 0.29) is 6.04 Å². The van der Waals surface area contributed by atoms with E-state index in [0.29, 0.717) is 6.61 Å². The molecule has 2 N–H and O–H groups in total. The first kappa shape index (κ1) is 13.1. The fourth-order valence-corrected chi connectivity index (χ4v) is 2.06. The molecule has 0 aliphatic rings. The summed E-state index contributed by atoms with van der Waals surface area (Å²) in [7, 11) is 0. The van der Waals surface area contributed by atoms with Crippen LogP contribution in [0.4, 0.5) is 0 Å². The van der Waals surface area contributed by atoms with Gasteiger partial charge < -0.3 is 10.5 Å². The molecule has 2 nitrogen and oxygen atoms in total. The highest BCUT2D eigenvalue weighted by Gasteiger charge is 2.03. The van der Waals surface area contributed by atoms with Crippen LogP contribution in [0.3, 0.4) is 0 Å². The fourth-order valence-electron chi connectivity index (χ4n) is 1.66. The van der Waals surface area contributed by atoms with Gasteiger partial charge in [0, 0.05) is 16.1 Å². The summed E-state index contributed by atoms with van der Waals surface area (Å²) in [6, 6.07) is 16.0. The van der Waals surface area contributed by atoms with E-state index in [4.69, 9.17) is 10.5 Å². The Morgan fingerprint density at radius 3 is 2.67 bits per heavy atom. The van der Waals surface area contributed by atoms with Gasteiger partial charge in [-0.3, -0.25) is 0 Å². The van der Waals surface area contributed by atoms with Gasteiger partial charge in [-0.15, -0.1) is 0 Å². The molecular weight excluding hydrogens is 290 g/mol. The molecule has 2 aromatic rings. The molecule has 1 unspecified atom stereocenters. The van der Waals surface area contributed by atoms with E-state index in [1.54, 1.807) is 0 Å². The maximum atomic E-state index is 5.85. The molecule has 0 bridgehead atoms. The van der Waals surface area contributed by atoms with Gasteiger partial charge in [0.05, 0.1) is 0 Å². The zero-order valence-electron chi connectivity index (χ0n) is 10.3. The minimum Gasteiger partial charge on any atom is -0.489 e. The van der Waals surface area contributed by atoms with Crippen molar-refractivity contribution in [1.82, 2.24) is 0 Å². The second kappa shape index (κ2) is 6.03. The summed E-state index contributed by atoms with van der Waals surface area (Å²) in [5.74, 6) is 0.848.